The molecule has 0 bridgehead atoms. The molecule has 0 radical (unpaired) electrons. The molecule has 0 aromatic heterocycles. The summed E-state index contributed by atoms with van der Waals surface area (Å²) < 4.78 is 5.14. The van der Waals surface area contributed by atoms with Crippen LogP contribution >= 0.6 is 0 Å². The molecule has 0 fully saturated rings. The molecule has 1 aliphatic heterocycles. The quantitative estimate of drug-likeness (QED) is 0.616. The Hall–Kier alpha value is -1.32. The van der Waals surface area contributed by atoms with Gasteiger partial charge in [0.05, 0.1) is 6.04 Å². The first-order valence-corrected chi connectivity index (χ1v) is 4.97. The van der Waals surface area contributed by atoms with Crippen LogP contribution in [0.4, 0.5) is 4.79 Å². The first-order chi connectivity index (χ1) is 6.72. The van der Waals surface area contributed by atoms with Crippen LogP contribution in [0.2, 0.25) is 0 Å². The second kappa shape index (κ2) is 3.68. The average molecular weight is 211 g/mol. The number of nitrogens with zero attached hydrogens (tertiary/aromatic N) is 1. The van der Waals surface area contributed by atoms with Crippen molar-refractivity contribution < 1.29 is 14.3 Å². The molecule has 1 atom stereocenters. The van der Waals surface area contributed by atoms with Crippen LogP contribution in [-0.2, 0) is 9.53 Å². The predicted octanol–water partition coefficient (Wildman–Crippen LogP) is 2.10. The van der Waals surface area contributed by atoms with Crippen LogP contribution < -0.4 is 0 Å². The van der Waals surface area contributed by atoms with Crippen LogP contribution in [0.3, 0.4) is 0 Å². The molecular weight excluding hydrogens is 194 g/mol. The fraction of sp³-hybridized carbons (Fsp3) is 0.636. The van der Waals surface area contributed by atoms with Gasteiger partial charge in [0.15, 0.2) is 0 Å². The standard InChI is InChI=1S/C11H17NO3/c1-7-6-8(2)12(9(7)13)10(14)15-11(3,4)5/h6,8H,1-5H3/t8-/m1/s1. The van der Waals surface area contributed by atoms with Gasteiger partial charge in [-0.1, -0.05) is 6.08 Å². The van der Waals surface area contributed by atoms with E-state index in [2.05, 4.69) is 0 Å². The summed E-state index contributed by atoms with van der Waals surface area (Å²) in [6, 6.07) is -0.215. The summed E-state index contributed by atoms with van der Waals surface area (Å²) >= 11 is 0. The van der Waals surface area contributed by atoms with E-state index in [1.54, 1.807) is 40.7 Å². The highest BCUT2D eigenvalue weighted by molar-refractivity contribution is 6.04. The number of hydrogen-bond acceptors (Lipinski definition) is 3. The lowest BCUT2D eigenvalue weighted by molar-refractivity contribution is -0.125. The van der Waals surface area contributed by atoms with E-state index >= 15 is 0 Å². The van der Waals surface area contributed by atoms with E-state index in [0.29, 0.717) is 5.57 Å². The highest BCUT2D eigenvalue weighted by atomic mass is 16.6. The molecule has 4 nitrogen and oxygen atoms in total. The van der Waals surface area contributed by atoms with Crippen molar-refractivity contribution in [1.82, 2.24) is 4.90 Å². The van der Waals surface area contributed by atoms with Gasteiger partial charge >= 0.3 is 6.09 Å². The van der Waals surface area contributed by atoms with Crippen molar-refractivity contribution in [3.05, 3.63) is 11.6 Å². The van der Waals surface area contributed by atoms with Crippen molar-refractivity contribution in [3.63, 3.8) is 0 Å². The molecule has 0 aromatic rings. The zero-order chi connectivity index (χ0) is 11.8. The van der Waals surface area contributed by atoms with E-state index in [-0.39, 0.29) is 11.9 Å². The van der Waals surface area contributed by atoms with Crippen LogP contribution in [0, 0.1) is 0 Å². The summed E-state index contributed by atoms with van der Waals surface area (Å²) in [6.07, 6.45) is 1.18. The molecule has 0 aromatic carbocycles. The van der Waals surface area contributed by atoms with Crippen LogP contribution in [0.15, 0.2) is 11.6 Å². The lowest BCUT2D eigenvalue weighted by Gasteiger charge is -2.25. The van der Waals surface area contributed by atoms with Gasteiger partial charge in [-0.3, -0.25) is 4.79 Å². The van der Waals surface area contributed by atoms with Crippen molar-refractivity contribution in [2.24, 2.45) is 0 Å². The normalized spacial score (nSPS) is 21.7. The highest BCUT2D eigenvalue weighted by Gasteiger charge is 2.35. The van der Waals surface area contributed by atoms with Crippen molar-refractivity contribution in [1.29, 1.82) is 0 Å². The van der Waals surface area contributed by atoms with Crippen molar-refractivity contribution in [2.75, 3.05) is 0 Å². The van der Waals surface area contributed by atoms with Gasteiger partial charge in [-0.15, -0.1) is 0 Å². The molecule has 84 valence electrons. The second-order valence-electron chi connectivity index (χ2n) is 4.75. The summed E-state index contributed by atoms with van der Waals surface area (Å²) in [4.78, 5) is 24.4. The monoisotopic (exact) mass is 211 g/mol. The Labute approximate surface area is 89.9 Å². The SMILES string of the molecule is CC1=C[C@@H](C)N(C(=O)OC(C)(C)C)C1=O. The number of ether oxygens (including phenoxy) is 1. The molecule has 0 saturated heterocycles. The van der Waals surface area contributed by atoms with E-state index in [1.807, 2.05) is 0 Å². The van der Waals surface area contributed by atoms with E-state index in [1.165, 1.54) is 0 Å². The first-order valence-electron chi connectivity index (χ1n) is 4.97. The number of carbonyl (C=O) groups excluding carboxylic acids is 2. The maximum atomic E-state index is 11.7. The lowest BCUT2D eigenvalue weighted by Crippen LogP contribution is -2.42. The van der Waals surface area contributed by atoms with Crippen LogP contribution in [0.25, 0.3) is 0 Å². The summed E-state index contributed by atoms with van der Waals surface area (Å²) in [5.41, 5.74) is 0.0153. The van der Waals surface area contributed by atoms with Gasteiger partial charge in [0, 0.05) is 5.57 Å². The molecule has 0 spiro atoms. The minimum Gasteiger partial charge on any atom is -0.443 e. The molecule has 0 N–H and O–H groups in total. The lowest BCUT2D eigenvalue weighted by atomic mass is 10.2. The minimum absolute atomic E-state index is 0.215. The second-order valence-corrected chi connectivity index (χ2v) is 4.75. The van der Waals surface area contributed by atoms with Crippen LogP contribution in [-0.4, -0.2) is 28.5 Å². The molecular formula is C11H17NO3. The Morgan fingerprint density at radius 1 is 1.47 bits per heavy atom. The molecule has 1 aliphatic rings. The molecule has 2 amide bonds. The zero-order valence-corrected chi connectivity index (χ0v) is 9.83. The number of amides is 2. The third kappa shape index (κ3) is 2.58. The van der Waals surface area contributed by atoms with Gasteiger partial charge in [0.25, 0.3) is 5.91 Å². The fourth-order valence-corrected chi connectivity index (χ4v) is 1.44. The van der Waals surface area contributed by atoms with Gasteiger partial charge in [0.1, 0.15) is 5.60 Å². The maximum absolute atomic E-state index is 11.7. The van der Waals surface area contributed by atoms with Crippen LogP contribution in [0.5, 0.6) is 0 Å². The Morgan fingerprint density at radius 2 is 2.00 bits per heavy atom. The fourth-order valence-electron chi connectivity index (χ4n) is 1.44. The third-order valence-electron chi connectivity index (χ3n) is 2.04. The van der Waals surface area contributed by atoms with E-state index < -0.39 is 11.7 Å². The Balaban J connectivity index is 2.75. The van der Waals surface area contributed by atoms with E-state index in [0.717, 1.165) is 4.90 Å². The molecule has 1 heterocycles. The van der Waals surface area contributed by atoms with Gasteiger partial charge in [-0.2, -0.15) is 0 Å². The van der Waals surface area contributed by atoms with Crippen molar-refractivity contribution in [3.8, 4) is 0 Å². The Kier molecular flexibility index (Phi) is 2.88. The van der Waals surface area contributed by atoms with E-state index in [9.17, 15) is 9.59 Å². The summed E-state index contributed by atoms with van der Waals surface area (Å²) in [7, 11) is 0. The molecule has 0 saturated carbocycles. The number of rotatable bonds is 0. The summed E-state index contributed by atoms with van der Waals surface area (Å²) in [5.74, 6) is -0.267. The average Bonchev–Trinajstić information content (AvgIpc) is 2.22. The van der Waals surface area contributed by atoms with Gasteiger partial charge in [-0.05, 0) is 34.6 Å². The predicted molar refractivity (Wildman–Crippen MR) is 56.3 cm³/mol. The van der Waals surface area contributed by atoms with Crippen LogP contribution in [0.1, 0.15) is 34.6 Å². The van der Waals surface area contributed by atoms with Gasteiger partial charge in [-0.25, -0.2) is 9.69 Å². The molecule has 1 rings (SSSR count). The van der Waals surface area contributed by atoms with E-state index in [4.69, 9.17) is 4.74 Å². The molecule has 0 aliphatic carbocycles. The van der Waals surface area contributed by atoms with Crippen molar-refractivity contribution >= 4 is 12.0 Å². The number of imide groups is 1. The summed E-state index contributed by atoms with van der Waals surface area (Å²) in [6.45, 7) is 8.81. The Morgan fingerprint density at radius 3 is 2.33 bits per heavy atom. The van der Waals surface area contributed by atoms with Gasteiger partial charge in [0.2, 0.25) is 0 Å². The number of hydrogen-bond donors (Lipinski definition) is 0. The molecule has 0 unspecified atom stereocenters. The summed E-state index contributed by atoms with van der Waals surface area (Å²) in [5, 5.41) is 0. The van der Waals surface area contributed by atoms with Crippen molar-refractivity contribution in [2.45, 2.75) is 46.3 Å². The molecule has 4 heteroatoms. The number of carbonyl (C=O) groups is 2. The third-order valence-corrected chi connectivity index (χ3v) is 2.04. The Bertz CT molecular complexity index is 325. The highest BCUT2D eigenvalue weighted by Crippen LogP contribution is 2.20. The first kappa shape index (κ1) is 11.8. The largest absolute Gasteiger partial charge is 0.443 e. The molecule has 15 heavy (non-hydrogen) atoms. The minimum atomic E-state index is -0.576. The zero-order valence-electron chi connectivity index (χ0n) is 9.83. The van der Waals surface area contributed by atoms with Gasteiger partial charge < -0.3 is 4.74 Å². The smallest absolute Gasteiger partial charge is 0.417 e. The topological polar surface area (TPSA) is 46.6 Å². The maximum Gasteiger partial charge on any atom is 0.417 e.